The molecule has 2 heterocycles. The summed E-state index contributed by atoms with van der Waals surface area (Å²) in [6.07, 6.45) is 2.15. The van der Waals surface area contributed by atoms with Crippen molar-refractivity contribution in [1.82, 2.24) is 14.9 Å². The van der Waals surface area contributed by atoms with Crippen molar-refractivity contribution in [2.45, 2.75) is 39.2 Å². The van der Waals surface area contributed by atoms with Crippen LogP contribution in [0.25, 0.3) is 0 Å². The molecule has 1 fully saturated rings. The molecule has 0 bridgehead atoms. The minimum atomic E-state index is -0.162. The van der Waals surface area contributed by atoms with Gasteiger partial charge in [-0.1, -0.05) is 29.8 Å². The summed E-state index contributed by atoms with van der Waals surface area (Å²) < 4.78 is 0. The fraction of sp³-hybridized carbons (Fsp3) is 0.389. The van der Waals surface area contributed by atoms with E-state index in [-0.39, 0.29) is 17.5 Å². The second-order valence-corrected chi connectivity index (χ2v) is 6.18. The van der Waals surface area contributed by atoms with Crippen molar-refractivity contribution in [2.24, 2.45) is 0 Å². The number of nitrogens with zero attached hydrogens (tertiary/aromatic N) is 2. The SMILES string of the molecule is Cc1ccc(CC(=O)N2CCCC2c2nc(C)cc(=O)[nH]2)cc1. The average molecular weight is 311 g/mol. The van der Waals surface area contributed by atoms with Gasteiger partial charge in [0.05, 0.1) is 12.5 Å². The van der Waals surface area contributed by atoms with Gasteiger partial charge in [0.1, 0.15) is 5.82 Å². The number of carbonyl (C=O) groups excluding carboxylic acids is 1. The summed E-state index contributed by atoms with van der Waals surface area (Å²) in [6, 6.07) is 9.36. The highest BCUT2D eigenvalue weighted by atomic mass is 16.2. The second kappa shape index (κ2) is 6.36. The van der Waals surface area contributed by atoms with Crippen LogP contribution in [0.5, 0.6) is 0 Å². The monoisotopic (exact) mass is 311 g/mol. The average Bonchev–Trinajstić information content (AvgIpc) is 2.98. The topological polar surface area (TPSA) is 66.1 Å². The quantitative estimate of drug-likeness (QED) is 0.946. The summed E-state index contributed by atoms with van der Waals surface area (Å²) in [5, 5.41) is 0. The van der Waals surface area contributed by atoms with E-state index >= 15 is 0 Å². The predicted molar refractivity (Wildman–Crippen MR) is 88.2 cm³/mol. The van der Waals surface area contributed by atoms with Gasteiger partial charge in [0.15, 0.2) is 0 Å². The van der Waals surface area contributed by atoms with Crippen LogP contribution >= 0.6 is 0 Å². The van der Waals surface area contributed by atoms with Gasteiger partial charge in [0.2, 0.25) is 5.91 Å². The molecule has 0 aliphatic carbocycles. The van der Waals surface area contributed by atoms with Crippen molar-refractivity contribution in [1.29, 1.82) is 0 Å². The lowest BCUT2D eigenvalue weighted by Gasteiger charge is -2.24. The van der Waals surface area contributed by atoms with E-state index in [9.17, 15) is 9.59 Å². The Morgan fingerprint density at radius 3 is 2.74 bits per heavy atom. The van der Waals surface area contributed by atoms with Crippen LogP contribution in [0, 0.1) is 13.8 Å². The molecule has 0 radical (unpaired) electrons. The number of benzene rings is 1. The van der Waals surface area contributed by atoms with Crippen LogP contribution in [0.1, 0.15) is 41.5 Å². The molecular formula is C18H21N3O2. The zero-order valence-corrected chi connectivity index (χ0v) is 13.5. The Morgan fingerprint density at radius 2 is 2.04 bits per heavy atom. The van der Waals surface area contributed by atoms with Gasteiger partial charge in [-0.15, -0.1) is 0 Å². The summed E-state index contributed by atoms with van der Waals surface area (Å²) in [7, 11) is 0. The highest BCUT2D eigenvalue weighted by Crippen LogP contribution is 2.30. The van der Waals surface area contributed by atoms with Gasteiger partial charge in [-0.2, -0.15) is 0 Å². The number of amides is 1. The van der Waals surface area contributed by atoms with Crippen molar-refractivity contribution in [3.05, 3.63) is 63.3 Å². The molecule has 1 atom stereocenters. The summed E-state index contributed by atoms with van der Waals surface area (Å²) >= 11 is 0. The Morgan fingerprint density at radius 1 is 1.30 bits per heavy atom. The normalized spacial score (nSPS) is 17.5. The molecular weight excluding hydrogens is 290 g/mol. The Balaban J connectivity index is 1.79. The third-order valence-corrected chi connectivity index (χ3v) is 4.25. The first-order valence-electron chi connectivity index (χ1n) is 7.96. The molecule has 1 aliphatic rings. The van der Waals surface area contributed by atoms with E-state index in [0.29, 0.717) is 24.5 Å². The summed E-state index contributed by atoms with van der Waals surface area (Å²) in [5.41, 5.74) is 2.71. The van der Waals surface area contributed by atoms with Crippen LogP contribution in [0.4, 0.5) is 0 Å². The van der Waals surface area contributed by atoms with Gasteiger partial charge in [0, 0.05) is 18.3 Å². The molecule has 0 spiro atoms. The van der Waals surface area contributed by atoms with E-state index < -0.39 is 0 Å². The third kappa shape index (κ3) is 3.50. The van der Waals surface area contributed by atoms with E-state index in [4.69, 9.17) is 0 Å². The highest BCUT2D eigenvalue weighted by molar-refractivity contribution is 5.79. The number of hydrogen-bond acceptors (Lipinski definition) is 3. The minimum Gasteiger partial charge on any atom is -0.332 e. The lowest BCUT2D eigenvalue weighted by molar-refractivity contribution is -0.131. The summed E-state index contributed by atoms with van der Waals surface area (Å²) in [4.78, 5) is 33.4. The van der Waals surface area contributed by atoms with E-state index in [1.807, 2.05) is 36.1 Å². The van der Waals surface area contributed by atoms with Gasteiger partial charge in [-0.05, 0) is 32.3 Å². The maximum Gasteiger partial charge on any atom is 0.251 e. The molecule has 1 aliphatic heterocycles. The zero-order valence-electron chi connectivity index (χ0n) is 13.5. The van der Waals surface area contributed by atoms with Crippen LogP contribution in [0.3, 0.4) is 0 Å². The van der Waals surface area contributed by atoms with Crippen LogP contribution in [-0.4, -0.2) is 27.3 Å². The molecule has 5 nitrogen and oxygen atoms in total. The number of rotatable bonds is 3. The molecule has 2 aromatic rings. The number of likely N-dealkylation sites (tertiary alicyclic amines) is 1. The van der Waals surface area contributed by atoms with Gasteiger partial charge in [-0.3, -0.25) is 9.59 Å². The number of aromatic amines is 1. The Kier molecular flexibility index (Phi) is 4.28. The first-order chi connectivity index (χ1) is 11.0. The van der Waals surface area contributed by atoms with Crippen LogP contribution in [0.2, 0.25) is 0 Å². The van der Waals surface area contributed by atoms with Crippen LogP contribution < -0.4 is 5.56 Å². The molecule has 1 N–H and O–H groups in total. The van der Waals surface area contributed by atoms with Crippen molar-refractivity contribution < 1.29 is 4.79 Å². The Labute approximate surface area is 135 Å². The molecule has 1 amide bonds. The predicted octanol–water partition coefficient (Wildman–Crippen LogP) is 2.29. The van der Waals surface area contributed by atoms with E-state index in [1.165, 1.54) is 11.6 Å². The Hall–Kier alpha value is -2.43. The summed E-state index contributed by atoms with van der Waals surface area (Å²) in [5.74, 6) is 0.685. The number of aryl methyl sites for hydroxylation is 2. The standard InChI is InChI=1S/C18H21N3O2/c1-12-5-7-14(8-6-12)11-17(23)21-9-3-4-15(21)18-19-13(2)10-16(22)20-18/h5-8,10,15H,3-4,9,11H2,1-2H3,(H,19,20,22). The fourth-order valence-corrected chi connectivity index (χ4v) is 3.09. The van der Waals surface area contributed by atoms with Gasteiger partial charge in [-0.25, -0.2) is 4.98 Å². The second-order valence-electron chi connectivity index (χ2n) is 6.18. The van der Waals surface area contributed by atoms with Crippen LogP contribution in [0.15, 0.2) is 35.1 Å². The molecule has 3 rings (SSSR count). The highest BCUT2D eigenvalue weighted by Gasteiger charge is 2.31. The molecule has 23 heavy (non-hydrogen) atoms. The number of carbonyl (C=O) groups is 1. The fourth-order valence-electron chi connectivity index (χ4n) is 3.09. The van der Waals surface area contributed by atoms with E-state index in [0.717, 1.165) is 18.4 Å². The first-order valence-corrected chi connectivity index (χ1v) is 7.96. The van der Waals surface area contributed by atoms with Crippen molar-refractivity contribution in [3.63, 3.8) is 0 Å². The minimum absolute atomic E-state index is 0.0838. The Bertz CT molecular complexity index is 765. The molecule has 1 saturated heterocycles. The van der Waals surface area contributed by atoms with Gasteiger partial charge < -0.3 is 9.88 Å². The van der Waals surface area contributed by atoms with Crippen molar-refractivity contribution >= 4 is 5.91 Å². The van der Waals surface area contributed by atoms with E-state index in [2.05, 4.69) is 9.97 Å². The smallest absolute Gasteiger partial charge is 0.251 e. The number of aromatic nitrogens is 2. The maximum absolute atomic E-state index is 12.7. The molecule has 1 unspecified atom stereocenters. The van der Waals surface area contributed by atoms with E-state index in [1.54, 1.807) is 6.92 Å². The molecule has 1 aromatic heterocycles. The molecule has 0 saturated carbocycles. The number of hydrogen-bond donors (Lipinski definition) is 1. The largest absolute Gasteiger partial charge is 0.332 e. The summed E-state index contributed by atoms with van der Waals surface area (Å²) in [6.45, 7) is 4.54. The van der Waals surface area contributed by atoms with Crippen molar-refractivity contribution in [2.75, 3.05) is 6.54 Å². The maximum atomic E-state index is 12.7. The molecule has 5 heteroatoms. The third-order valence-electron chi connectivity index (χ3n) is 4.25. The van der Waals surface area contributed by atoms with Gasteiger partial charge >= 0.3 is 0 Å². The number of H-pyrrole nitrogens is 1. The number of nitrogens with one attached hydrogen (secondary N) is 1. The first kappa shape index (κ1) is 15.5. The van der Waals surface area contributed by atoms with Gasteiger partial charge in [0.25, 0.3) is 5.56 Å². The van der Waals surface area contributed by atoms with Crippen molar-refractivity contribution in [3.8, 4) is 0 Å². The molecule has 1 aromatic carbocycles. The van der Waals surface area contributed by atoms with Crippen LogP contribution in [-0.2, 0) is 11.2 Å². The lowest BCUT2D eigenvalue weighted by atomic mass is 10.1. The lowest BCUT2D eigenvalue weighted by Crippen LogP contribution is -2.33. The zero-order chi connectivity index (χ0) is 16.4. The molecule has 120 valence electrons.